The Hall–Kier alpha value is -2.91. The second-order valence-electron chi connectivity index (χ2n) is 12.4. The third kappa shape index (κ3) is 3.94. The molecule has 0 atom stereocenters. The summed E-state index contributed by atoms with van der Waals surface area (Å²) >= 11 is 0. The minimum Gasteiger partial charge on any atom is -0.512 e. The number of carbonyl (C=O) groups is 1. The summed E-state index contributed by atoms with van der Waals surface area (Å²) < 4.78 is 0. The second kappa shape index (κ2) is 8.84. The highest BCUT2D eigenvalue weighted by atomic mass is 16.3. The van der Waals surface area contributed by atoms with E-state index < -0.39 is 0 Å². The molecule has 4 bridgehead atoms. The van der Waals surface area contributed by atoms with E-state index in [1.165, 1.54) is 55.2 Å². The summed E-state index contributed by atoms with van der Waals surface area (Å²) in [5.41, 5.74) is 7.14. The van der Waals surface area contributed by atoms with Crippen molar-refractivity contribution in [2.75, 3.05) is 6.61 Å². The molecule has 190 valence electrons. The molecular weight excluding hydrogens is 456 g/mol. The Morgan fingerprint density at radius 1 is 0.757 bits per heavy atom. The summed E-state index contributed by atoms with van der Waals surface area (Å²) in [6, 6.07) is 19.8. The molecule has 0 spiro atoms. The van der Waals surface area contributed by atoms with Gasteiger partial charge in [-0.25, -0.2) is 0 Å². The first-order valence-corrected chi connectivity index (χ1v) is 14.3. The lowest BCUT2D eigenvalue weighted by Gasteiger charge is -2.57. The maximum Gasteiger partial charge on any atom is 0.167 e. The predicted octanol–water partition coefficient (Wildman–Crippen LogP) is 7.53. The molecule has 2 N–H and O–H groups in total. The summed E-state index contributed by atoms with van der Waals surface area (Å²) in [5, 5.41) is 22.0. The number of ketones is 1. The van der Waals surface area contributed by atoms with E-state index in [1.54, 1.807) is 5.56 Å². The Morgan fingerprint density at radius 2 is 1.35 bits per heavy atom. The van der Waals surface area contributed by atoms with E-state index in [9.17, 15) is 15.0 Å². The Kier molecular flexibility index (Phi) is 5.55. The maximum atomic E-state index is 12.3. The van der Waals surface area contributed by atoms with Crippen molar-refractivity contribution >= 4 is 22.1 Å². The normalized spacial score (nSPS) is 28.6. The van der Waals surface area contributed by atoms with Crippen LogP contribution in [0.25, 0.3) is 27.5 Å². The van der Waals surface area contributed by atoms with Crippen LogP contribution in [-0.2, 0) is 16.6 Å². The lowest BCUT2D eigenvalue weighted by molar-refractivity contribution is -0.113. The van der Waals surface area contributed by atoms with Gasteiger partial charge in [-0.3, -0.25) is 4.79 Å². The summed E-state index contributed by atoms with van der Waals surface area (Å²) in [4.78, 5) is 12.3. The van der Waals surface area contributed by atoms with Gasteiger partial charge in [0.2, 0.25) is 0 Å². The molecular formula is C34H36O3. The molecule has 4 fully saturated rings. The summed E-state index contributed by atoms with van der Waals surface area (Å²) in [7, 11) is 0. The van der Waals surface area contributed by atoms with Crippen LogP contribution in [0, 0.1) is 17.8 Å². The molecule has 8 rings (SSSR count). The molecule has 5 aliphatic rings. The van der Waals surface area contributed by atoms with Crippen LogP contribution in [0.4, 0.5) is 0 Å². The van der Waals surface area contributed by atoms with E-state index in [-0.39, 0.29) is 18.1 Å². The monoisotopic (exact) mass is 492 g/mol. The topological polar surface area (TPSA) is 57.5 Å². The summed E-state index contributed by atoms with van der Waals surface area (Å²) in [5.74, 6) is 2.96. The van der Waals surface area contributed by atoms with E-state index in [4.69, 9.17) is 0 Å². The molecule has 0 heterocycles. The largest absolute Gasteiger partial charge is 0.512 e. The van der Waals surface area contributed by atoms with E-state index in [0.717, 1.165) is 46.9 Å². The number of aliphatic hydroxyl groups excluding tert-OH is 2. The number of hydrogen-bond acceptors (Lipinski definition) is 3. The molecule has 4 saturated carbocycles. The smallest absolute Gasteiger partial charge is 0.167 e. The number of aliphatic hydroxyl groups is 2. The fraction of sp³-hybridized carbons (Fsp3) is 0.441. The standard InChI is InChI=1S/C34H36O3/c35-11-1-2-24-3-4-28(17-30(24)34-18-21-12-22(19-34)14-23(13-21)20-34)26-5-6-27-16-29(8-7-25(27)15-26)33-31(36)9-10-32(33)37/h3-8,15-17,21-23,35-36H,1-2,9-14,18-20H2. The van der Waals surface area contributed by atoms with Crippen LogP contribution in [0.15, 0.2) is 60.4 Å². The quantitative estimate of drug-likeness (QED) is 0.374. The van der Waals surface area contributed by atoms with Gasteiger partial charge in [-0.1, -0.05) is 42.5 Å². The molecule has 5 aliphatic carbocycles. The molecule has 0 aliphatic heterocycles. The lowest BCUT2D eigenvalue weighted by atomic mass is 9.47. The third-order valence-electron chi connectivity index (χ3n) is 9.94. The number of hydrogen-bond donors (Lipinski definition) is 2. The van der Waals surface area contributed by atoms with Crippen LogP contribution in [0.1, 0.15) is 74.5 Å². The van der Waals surface area contributed by atoms with Gasteiger partial charge in [-0.15, -0.1) is 0 Å². The van der Waals surface area contributed by atoms with Crippen LogP contribution < -0.4 is 0 Å². The van der Waals surface area contributed by atoms with Crippen LogP contribution in [-0.4, -0.2) is 22.6 Å². The number of Topliss-reactive ketones (excluding diaryl/α,β-unsaturated/α-hetero) is 1. The zero-order chi connectivity index (χ0) is 25.1. The van der Waals surface area contributed by atoms with Crippen molar-refractivity contribution < 1.29 is 15.0 Å². The van der Waals surface area contributed by atoms with Crippen molar-refractivity contribution in [3.8, 4) is 11.1 Å². The average Bonchev–Trinajstić information content (AvgIpc) is 3.23. The first kappa shape index (κ1) is 23.2. The summed E-state index contributed by atoms with van der Waals surface area (Å²) in [6.45, 7) is 0.245. The first-order chi connectivity index (χ1) is 18.0. The van der Waals surface area contributed by atoms with Crippen LogP contribution in [0.5, 0.6) is 0 Å². The van der Waals surface area contributed by atoms with Crippen molar-refractivity contribution in [2.24, 2.45) is 17.8 Å². The number of aryl methyl sites for hydroxylation is 1. The SMILES string of the molecule is O=C1CCC(O)=C1c1ccc2cc(-c3ccc(CCCO)c(C45CC6CC(CC(C6)C4)C5)c3)ccc2c1. The Balaban J connectivity index is 1.27. The minimum absolute atomic E-state index is 0.0342. The first-order valence-electron chi connectivity index (χ1n) is 14.3. The Labute approximate surface area is 219 Å². The van der Waals surface area contributed by atoms with Gasteiger partial charge in [-0.2, -0.15) is 0 Å². The molecule has 0 aromatic heterocycles. The summed E-state index contributed by atoms with van der Waals surface area (Å²) in [6.07, 6.45) is 11.0. The van der Waals surface area contributed by atoms with Crippen molar-refractivity contribution in [2.45, 2.75) is 69.6 Å². The molecule has 0 radical (unpaired) electrons. The highest BCUT2D eigenvalue weighted by molar-refractivity contribution is 6.23. The molecule has 0 saturated heterocycles. The lowest BCUT2D eigenvalue weighted by Crippen LogP contribution is -2.49. The Morgan fingerprint density at radius 3 is 1.97 bits per heavy atom. The third-order valence-corrected chi connectivity index (χ3v) is 9.94. The fourth-order valence-electron chi connectivity index (χ4n) is 8.73. The van der Waals surface area contributed by atoms with Crippen molar-refractivity contribution in [1.29, 1.82) is 0 Å². The number of rotatable bonds is 6. The van der Waals surface area contributed by atoms with Gasteiger partial charge in [0, 0.05) is 19.4 Å². The number of benzene rings is 3. The van der Waals surface area contributed by atoms with Gasteiger partial charge in [0.1, 0.15) is 5.76 Å². The highest BCUT2D eigenvalue weighted by Crippen LogP contribution is 2.61. The fourth-order valence-corrected chi connectivity index (χ4v) is 8.73. The number of fused-ring (bicyclic) bond motifs is 1. The van der Waals surface area contributed by atoms with E-state index in [0.29, 0.717) is 23.8 Å². The van der Waals surface area contributed by atoms with Crippen molar-refractivity contribution in [3.63, 3.8) is 0 Å². The van der Waals surface area contributed by atoms with E-state index in [1.807, 2.05) is 12.1 Å². The van der Waals surface area contributed by atoms with Crippen molar-refractivity contribution in [3.05, 3.63) is 77.0 Å². The van der Waals surface area contributed by atoms with Gasteiger partial charge in [0.05, 0.1) is 5.57 Å². The van der Waals surface area contributed by atoms with Gasteiger partial charge in [0.25, 0.3) is 0 Å². The zero-order valence-corrected chi connectivity index (χ0v) is 21.5. The number of allylic oxidation sites excluding steroid dienone is 2. The van der Waals surface area contributed by atoms with Crippen LogP contribution in [0.3, 0.4) is 0 Å². The molecule has 0 amide bonds. The second-order valence-corrected chi connectivity index (χ2v) is 12.4. The zero-order valence-electron chi connectivity index (χ0n) is 21.5. The molecule has 3 nitrogen and oxygen atoms in total. The van der Waals surface area contributed by atoms with Crippen molar-refractivity contribution in [1.82, 2.24) is 0 Å². The molecule has 3 heteroatoms. The molecule has 3 aromatic carbocycles. The van der Waals surface area contributed by atoms with Gasteiger partial charge < -0.3 is 10.2 Å². The maximum absolute atomic E-state index is 12.3. The molecule has 3 aromatic rings. The molecule has 37 heavy (non-hydrogen) atoms. The van der Waals surface area contributed by atoms with Crippen LogP contribution >= 0.6 is 0 Å². The predicted molar refractivity (Wildman–Crippen MR) is 148 cm³/mol. The minimum atomic E-state index is 0.0342. The van der Waals surface area contributed by atoms with Gasteiger partial charge >= 0.3 is 0 Å². The van der Waals surface area contributed by atoms with E-state index >= 15 is 0 Å². The van der Waals surface area contributed by atoms with Crippen LogP contribution in [0.2, 0.25) is 0 Å². The van der Waals surface area contributed by atoms with Gasteiger partial charge in [0.15, 0.2) is 5.78 Å². The average molecular weight is 493 g/mol. The Bertz CT molecular complexity index is 1390. The van der Waals surface area contributed by atoms with Gasteiger partial charge in [-0.05, 0) is 125 Å². The highest BCUT2D eigenvalue weighted by Gasteiger charge is 2.52. The van der Waals surface area contributed by atoms with E-state index in [2.05, 4.69) is 42.5 Å². The molecule has 0 unspecified atom stereocenters. The number of carbonyl (C=O) groups excluding carboxylic acids is 1.